The minimum atomic E-state index is -0.0434. The quantitative estimate of drug-likeness (QED) is 0.582. The Morgan fingerprint density at radius 1 is 0.971 bits per heavy atom. The van der Waals surface area contributed by atoms with Crippen molar-refractivity contribution < 1.29 is 9.53 Å². The van der Waals surface area contributed by atoms with Gasteiger partial charge in [0.25, 0.3) is 0 Å². The summed E-state index contributed by atoms with van der Waals surface area (Å²) < 4.78 is 5.43. The first kappa shape index (κ1) is 22.3. The van der Waals surface area contributed by atoms with Crippen LogP contribution in [0, 0.1) is 0 Å². The smallest absolute Gasteiger partial charge is 0.241 e. The molecule has 2 aliphatic rings. The van der Waals surface area contributed by atoms with Gasteiger partial charge in [0, 0.05) is 41.9 Å². The number of carbonyl (C=O) groups excluding carboxylic acids is 1. The van der Waals surface area contributed by atoms with Crippen molar-refractivity contribution in [1.29, 1.82) is 0 Å². The molecular formula is C26H30N6O2. The van der Waals surface area contributed by atoms with Crippen molar-refractivity contribution in [2.45, 2.75) is 18.9 Å². The predicted molar refractivity (Wildman–Crippen MR) is 135 cm³/mol. The minimum Gasteiger partial charge on any atom is -0.378 e. The monoisotopic (exact) mass is 458 g/mol. The molecule has 2 aliphatic heterocycles. The van der Waals surface area contributed by atoms with Crippen LogP contribution in [0.5, 0.6) is 0 Å². The molecule has 0 radical (unpaired) electrons. The number of hydrogen-bond acceptors (Lipinski definition) is 7. The molecule has 0 bridgehead atoms. The van der Waals surface area contributed by atoms with Gasteiger partial charge in [-0.1, -0.05) is 12.1 Å². The maximum absolute atomic E-state index is 12.5. The molecule has 34 heavy (non-hydrogen) atoms. The van der Waals surface area contributed by atoms with Gasteiger partial charge in [-0.15, -0.1) is 0 Å². The Hall–Kier alpha value is -3.49. The second-order valence-corrected chi connectivity index (χ2v) is 8.74. The van der Waals surface area contributed by atoms with Gasteiger partial charge in [0.1, 0.15) is 0 Å². The zero-order valence-electron chi connectivity index (χ0n) is 19.4. The number of likely N-dealkylation sites (tertiary alicyclic amines) is 1. The van der Waals surface area contributed by atoms with E-state index in [1.165, 1.54) is 5.69 Å². The number of anilines is 4. The summed E-state index contributed by atoms with van der Waals surface area (Å²) in [5.74, 6) is 0.596. The van der Waals surface area contributed by atoms with Gasteiger partial charge in [0.2, 0.25) is 11.9 Å². The van der Waals surface area contributed by atoms with Crippen molar-refractivity contribution in [1.82, 2.24) is 14.9 Å². The molecule has 0 spiro atoms. The van der Waals surface area contributed by atoms with Crippen LogP contribution in [0.2, 0.25) is 0 Å². The summed E-state index contributed by atoms with van der Waals surface area (Å²) in [6, 6.07) is 17.9. The number of hydrogen-bond donors (Lipinski definition) is 2. The fourth-order valence-corrected chi connectivity index (χ4v) is 4.48. The molecule has 1 amide bonds. The number of carbonyl (C=O) groups is 1. The Balaban J connectivity index is 1.22. The van der Waals surface area contributed by atoms with E-state index in [0.717, 1.165) is 68.3 Å². The summed E-state index contributed by atoms with van der Waals surface area (Å²) in [4.78, 5) is 26.0. The van der Waals surface area contributed by atoms with Gasteiger partial charge in [-0.25, -0.2) is 9.97 Å². The first-order chi connectivity index (χ1) is 16.7. The molecule has 2 fully saturated rings. The number of benzene rings is 2. The SMILES string of the molecule is CN1CCC[C@H]1C(=O)Nc1ccc(-c2ccnc(Nc3ccc(N4CCOCC4)cc3)n2)cc1. The van der Waals surface area contributed by atoms with Crippen LogP contribution in [-0.4, -0.2) is 66.7 Å². The van der Waals surface area contributed by atoms with Crippen LogP contribution in [0.3, 0.4) is 0 Å². The minimum absolute atomic E-state index is 0.0434. The topological polar surface area (TPSA) is 82.6 Å². The average Bonchev–Trinajstić information content (AvgIpc) is 3.32. The molecule has 1 atom stereocenters. The van der Waals surface area contributed by atoms with Crippen LogP contribution >= 0.6 is 0 Å². The van der Waals surface area contributed by atoms with Gasteiger partial charge in [0.15, 0.2) is 0 Å². The average molecular weight is 459 g/mol. The fraction of sp³-hybridized carbons (Fsp3) is 0.346. The van der Waals surface area contributed by atoms with Gasteiger partial charge in [-0.05, 0) is 68.9 Å². The van der Waals surface area contributed by atoms with Gasteiger partial charge >= 0.3 is 0 Å². The molecule has 0 unspecified atom stereocenters. The standard InChI is InChI=1S/C26H30N6O2/c1-31-14-2-3-24(31)25(33)28-20-6-4-19(5-7-20)23-12-13-27-26(30-23)29-21-8-10-22(11-9-21)32-15-17-34-18-16-32/h4-13,24H,2-3,14-18H2,1H3,(H,28,33)(H,27,29,30)/t24-/m0/s1. The molecule has 3 aromatic rings. The Bertz CT molecular complexity index is 1110. The number of amides is 1. The van der Waals surface area contributed by atoms with Gasteiger partial charge < -0.3 is 20.3 Å². The molecule has 3 heterocycles. The number of likely N-dealkylation sites (N-methyl/N-ethyl adjacent to an activating group) is 1. The number of aromatic nitrogens is 2. The van der Waals surface area contributed by atoms with Crippen molar-refractivity contribution in [3.05, 3.63) is 60.8 Å². The molecular weight excluding hydrogens is 428 g/mol. The molecule has 2 aromatic carbocycles. The Morgan fingerprint density at radius 3 is 2.41 bits per heavy atom. The lowest BCUT2D eigenvalue weighted by atomic mass is 10.1. The number of morpholine rings is 1. The lowest BCUT2D eigenvalue weighted by Gasteiger charge is -2.28. The summed E-state index contributed by atoms with van der Waals surface area (Å²) in [7, 11) is 2.00. The molecule has 8 nitrogen and oxygen atoms in total. The molecule has 2 saturated heterocycles. The molecule has 176 valence electrons. The van der Waals surface area contributed by atoms with E-state index in [4.69, 9.17) is 4.74 Å². The predicted octanol–water partition coefficient (Wildman–Crippen LogP) is 3.76. The van der Waals surface area contributed by atoms with Gasteiger partial charge in [-0.3, -0.25) is 9.69 Å². The maximum atomic E-state index is 12.5. The zero-order valence-corrected chi connectivity index (χ0v) is 19.4. The Labute approximate surface area is 200 Å². The third-order valence-electron chi connectivity index (χ3n) is 6.43. The highest BCUT2D eigenvalue weighted by atomic mass is 16.5. The Morgan fingerprint density at radius 2 is 1.71 bits per heavy atom. The van der Waals surface area contributed by atoms with Crippen LogP contribution in [-0.2, 0) is 9.53 Å². The van der Waals surface area contributed by atoms with Crippen molar-refractivity contribution in [2.24, 2.45) is 0 Å². The van der Waals surface area contributed by atoms with E-state index in [1.807, 2.05) is 49.5 Å². The summed E-state index contributed by atoms with van der Waals surface area (Å²) in [6.07, 6.45) is 3.72. The zero-order chi connectivity index (χ0) is 23.3. The van der Waals surface area contributed by atoms with Crippen LogP contribution in [0.4, 0.5) is 23.0 Å². The van der Waals surface area contributed by atoms with E-state index in [9.17, 15) is 4.79 Å². The maximum Gasteiger partial charge on any atom is 0.241 e. The lowest BCUT2D eigenvalue weighted by Crippen LogP contribution is -2.37. The van der Waals surface area contributed by atoms with Gasteiger partial charge in [-0.2, -0.15) is 0 Å². The highest BCUT2D eigenvalue weighted by molar-refractivity contribution is 5.95. The first-order valence-corrected chi connectivity index (χ1v) is 11.8. The molecule has 1 aromatic heterocycles. The van der Waals surface area contributed by atoms with Crippen molar-refractivity contribution in [3.63, 3.8) is 0 Å². The number of nitrogens with zero attached hydrogens (tertiary/aromatic N) is 4. The van der Waals surface area contributed by atoms with Crippen molar-refractivity contribution in [2.75, 3.05) is 55.4 Å². The largest absolute Gasteiger partial charge is 0.378 e. The van der Waals surface area contributed by atoms with Crippen molar-refractivity contribution >= 4 is 28.9 Å². The second kappa shape index (κ2) is 10.2. The van der Waals surface area contributed by atoms with Crippen molar-refractivity contribution in [3.8, 4) is 11.3 Å². The molecule has 0 saturated carbocycles. The number of ether oxygens (including phenoxy) is 1. The first-order valence-electron chi connectivity index (χ1n) is 11.8. The second-order valence-electron chi connectivity index (χ2n) is 8.74. The third-order valence-corrected chi connectivity index (χ3v) is 6.43. The lowest BCUT2D eigenvalue weighted by molar-refractivity contribution is -0.119. The number of nitrogens with one attached hydrogen (secondary N) is 2. The third kappa shape index (κ3) is 5.18. The van der Waals surface area contributed by atoms with Crippen LogP contribution in [0.15, 0.2) is 60.8 Å². The van der Waals surface area contributed by atoms with E-state index in [2.05, 4.69) is 42.5 Å². The van der Waals surface area contributed by atoms with Crippen LogP contribution < -0.4 is 15.5 Å². The summed E-state index contributed by atoms with van der Waals surface area (Å²) in [5, 5.41) is 6.32. The highest BCUT2D eigenvalue weighted by Gasteiger charge is 2.27. The normalized spacial score (nSPS) is 18.6. The summed E-state index contributed by atoms with van der Waals surface area (Å²) in [6.45, 7) is 4.34. The molecule has 2 N–H and O–H groups in total. The fourth-order valence-electron chi connectivity index (χ4n) is 4.48. The van der Waals surface area contributed by atoms with E-state index in [0.29, 0.717) is 5.95 Å². The Kier molecular flexibility index (Phi) is 6.69. The molecule has 0 aliphatic carbocycles. The van der Waals surface area contributed by atoms with Gasteiger partial charge in [0.05, 0.1) is 24.9 Å². The molecule has 8 heteroatoms. The highest BCUT2D eigenvalue weighted by Crippen LogP contribution is 2.24. The van der Waals surface area contributed by atoms with E-state index in [-0.39, 0.29) is 11.9 Å². The summed E-state index contributed by atoms with van der Waals surface area (Å²) >= 11 is 0. The van der Waals surface area contributed by atoms with Crippen LogP contribution in [0.25, 0.3) is 11.3 Å². The summed E-state index contributed by atoms with van der Waals surface area (Å²) in [5.41, 5.74) is 4.70. The number of rotatable bonds is 6. The molecule has 5 rings (SSSR count). The van der Waals surface area contributed by atoms with E-state index < -0.39 is 0 Å². The van der Waals surface area contributed by atoms with E-state index >= 15 is 0 Å². The van der Waals surface area contributed by atoms with Crippen LogP contribution in [0.1, 0.15) is 12.8 Å². The van der Waals surface area contributed by atoms with E-state index in [1.54, 1.807) is 6.20 Å².